The van der Waals surface area contributed by atoms with Gasteiger partial charge in [-0.15, -0.1) is 5.10 Å². The van der Waals surface area contributed by atoms with Gasteiger partial charge in [0, 0.05) is 33.7 Å². The van der Waals surface area contributed by atoms with E-state index in [1.807, 2.05) is 41.0 Å². The van der Waals surface area contributed by atoms with Crippen LogP contribution in [0.2, 0.25) is 5.02 Å². The number of aromatic nitrogens is 6. The Bertz CT molecular complexity index is 1500. The Hall–Kier alpha value is -3.97. The molecule has 8 heteroatoms. The Kier molecular flexibility index (Phi) is 4.69. The van der Waals surface area contributed by atoms with Gasteiger partial charge in [-0.1, -0.05) is 35.9 Å². The van der Waals surface area contributed by atoms with Crippen LogP contribution < -0.4 is 5.56 Å². The molecule has 0 saturated carbocycles. The molecular weight excluding hydrogens is 436 g/mol. The van der Waals surface area contributed by atoms with E-state index >= 15 is 0 Å². The number of nitrogens with one attached hydrogen (secondary N) is 1. The summed E-state index contributed by atoms with van der Waals surface area (Å²) in [6.07, 6.45) is 3.19. The molecule has 1 N–H and O–H groups in total. The Morgan fingerprint density at radius 3 is 2.73 bits per heavy atom. The van der Waals surface area contributed by atoms with Gasteiger partial charge < -0.3 is 9.55 Å². The summed E-state index contributed by atoms with van der Waals surface area (Å²) in [5.41, 5.74) is 6.48. The van der Waals surface area contributed by atoms with Gasteiger partial charge in [-0.05, 0) is 76.9 Å². The van der Waals surface area contributed by atoms with E-state index in [9.17, 15) is 4.79 Å². The standard InChI is InChI=1S/C25H18ClN6O/c26-18-6-10-23(31-15-27-29-30-31)20(14-18)17-12-19-7-11-24(32(19)25(33)13-17)22-9-8-21(28-22)16-4-2-1-3-5-16/h2-6,8-10,12-15,24,28H,7,11H2/t24-/m0/s1. The van der Waals surface area contributed by atoms with Crippen molar-refractivity contribution in [3.05, 3.63) is 106 Å². The average molecular weight is 454 g/mol. The van der Waals surface area contributed by atoms with Gasteiger partial charge in [0.1, 0.15) is 6.33 Å². The highest BCUT2D eigenvalue weighted by Crippen LogP contribution is 2.35. The van der Waals surface area contributed by atoms with Crippen molar-refractivity contribution < 1.29 is 0 Å². The molecule has 0 amide bonds. The minimum absolute atomic E-state index is 0.0241. The number of H-pyrrole nitrogens is 1. The summed E-state index contributed by atoms with van der Waals surface area (Å²) in [4.78, 5) is 16.8. The number of fused-ring (bicyclic) bond motifs is 1. The van der Waals surface area contributed by atoms with Gasteiger partial charge in [0.15, 0.2) is 0 Å². The molecule has 33 heavy (non-hydrogen) atoms. The quantitative estimate of drug-likeness (QED) is 0.435. The molecule has 2 aromatic carbocycles. The first-order chi connectivity index (χ1) is 16.2. The van der Waals surface area contributed by atoms with Gasteiger partial charge in [-0.25, -0.2) is 0 Å². The van der Waals surface area contributed by atoms with Crippen molar-refractivity contribution in [1.29, 1.82) is 0 Å². The number of tetrazole rings is 1. The van der Waals surface area contributed by atoms with Crippen LogP contribution in [0.4, 0.5) is 0 Å². The summed E-state index contributed by atoms with van der Waals surface area (Å²) in [6.45, 7) is 0. The van der Waals surface area contributed by atoms with Crippen molar-refractivity contribution in [3.63, 3.8) is 0 Å². The lowest BCUT2D eigenvalue weighted by Crippen LogP contribution is -2.23. The van der Waals surface area contributed by atoms with E-state index in [-0.39, 0.29) is 11.6 Å². The van der Waals surface area contributed by atoms with Gasteiger partial charge in [0.05, 0.1) is 11.7 Å². The minimum Gasteiger partial charge on any atom is -0.357 e. The zero-order valence-corrected chi connectivity index (χ0v) is 18.2. The minimum atomic E-state index is -0.0434. The highest BCUT2D eigenvalue weighted by atomic mass is 35.5. The lowest BCUT2D eigenvalue weighted by Gasteiger charge is -2.15. The third kappa shape index (κ3) is 3.47. The molecule has 3 aromatic heterocycles. The Morgan fingerprint density at radius 2 is 1.91 bits per heavy atom. The number of nitrogens with zero attached hydrogens (tertiary/aromatic N) is 5. The van der Waals surface area contributed by atoms with E-state index < -0.39 is 0 Å². The molecule has 1 aliphatic heterocycles. The molecule has 0 unspecified atom stereocenters. The fraction of sp³-hybridized carbons (Fsp3) is 0.120. The normalized spacial score (nSPS) is 15.0. The molecule has 0 bridgehead atoms. The molecule has 6 rings (SSSR count). The summed E-state index contributed by atoms with van der Waals surface area (Å²) < 4.78 is 3.46. The molecule has 7 nitrogen and oxygen atoms in total. The van der Waals surface area contributed by atoms with E-state index in [1.165, 1.54) is 6.33 Å². The van der Waals surface area contributed by atoms with E-state index in [1.54, 1.807) is 16.8 Å². The van der Waals surface area contributed by atoms with Crippen LogP contribution in [0, 0.1) is 6.07 Å². The van der Waals surface area contributed by atoms with Crippen molar-refractivity contribution >= 4 is 11.6 Å². The van der Waals surface area contributed by atoms with Crippen LogP contribution in [0.1, 0.15) is 23.9 Å². The zero-order valence-electron chi connectivity index (χ0n) is 17.4. The molecule has 5 aromatic rings. The highest BCUT2D eigenvalue weighted by molar-refractivity contribution is 6.31. The van der Waals surface area contributed by atoms with Crippen LogP contribution in [0.25, 0.3) is 28.1 Å². The molecule has 1 atom stereocenters. The third-order valence-electron chi connectivity index (χ3n) is 6.10. The molecule has 4 heterocycles. The number of hydrogen-bond acceptors (Lipinski definition) is 4. The Labute approximate surface area is 194 Å². The van der Waals surface area contributed by atoms with Crippen molar-refractivity contribution in [1.82, 2.24) is 29.8 Å². The first-order valence-corrected chi connectivity index (χ1v) is 11.0. The van der Waals surface area contributed by atoms with Gasteiger partial charge in [-0.3, -0.25) is 4.79 Å². The van der Waals surface area contributed by atoms with Crippen LogP contribution in [0.3, 0.4) is 0 Å². The first kappa shape index (κ1) is 19.7. The molecule has 0 saturated heterocycles. The predicted octanol–water partition coefficient (Wildman–Crippen LogP) is 4.48. The number of aryl methyl sites for hydroxylation is 1. The van der Waals surface area contributed by atoms with Crippen LogP contribution in [0.15, 0.2) is 77.9 Å². The van der Waals surface area contributed by atoms with Gasteiger partial charge in [0.2, 0.25) is 0 Å². The SMILES string of the molecule is O=c1cc(-c2cc(Cl)ccc2-n2cnnn2)cc2n1[C@H](c1ccc(-c3cc[c]cc3)[nH]1)CC2. The first-order valence-electron chi connectivity index (χ1n) is 10.6. The monoisotopic (exact) mass is 453 g/mol. The van der Waals surface area contributed by atoms with Gasteiger partial charge in [-0.2, -0.15) is 4.68 Å². The van der Waals surface area contributed by atoms with Crippen molar-refractivity contribution in [3.8, 4) is 28.1 Å². The Morgan fingerprint density at radius 1 is 1.03 bits per heavy atom. The lowest BCUT2D eigenvalue weighted by molar-refractivity contribution is 0.588. The fourth-order valence-electron chi connectivity index (χ4n) is 4.60. The van der Waals surface area contributed by atoms with Gasteiger partial charge in [0.25, 0.3) is 5.56 Å². The average Bonchev–Trinajstić information content (AvgIpc) is 3.60. The molecule has 1 radical (unpaired) electrons. The summed E-state index contributed by atoms with van der Waals surface area (Å²) in [5, 5.41) is 12.0. The maximum Gasteiger partial charge on any atom is 0.251 e. The van der Waals surface area contributed by atoms with Gasteiger partial charge >= 0.3 is 0 Å². The smallest absolute Gasteiger partial charge is 0.251 e. The van der Waals surface area contributed by atoms with Crippen LogP contribution in [0.5, 0.6) is 0 Å². The highest BCUT2D eigenvalue weighted by Gasteiger charge is 2.27. The number of pyridine rings is 1. The van der Waals surface area contributed by atoms with Crippen molar-refractivity contribution in [2.75, 3.05) is 0 Å². The van der Waals surface area contributed by atoms with E-state index in [4.69, 9.17) is 11.6 Å². The van der Waals surface area contributed by atoms with E-state index in [0.717, 1.165) is 52.3 Å². The fourth-order valence-corrected chi connectivity index (χ4v) is 4.77. The topological polar surface area (TPSA) is 81.4 Å². The maximum absolute atomic E-state index is 13.3. The van der Waals surface area contributed by atoms with Crippen molar-refractivity contribution in [2.24, 2.45) is 0 Å². The lowest BCUT2D eigenvalue weighted by atomic mass is 10.0. The summed E-state index contributed by atoms with van der Waals surface area (Å²) in [5.74, 6) is 0. The number of aromatic amines is 1. The predicted molar refractivity (Wildman–Crippen MR) is 125 cm³/mol. The molecule has 0 aliphatic carbocycles. The molecular formula is C25H18ClN6O. The summed E-state index contributed by atoms with van der Waals surface area (Å²) >= 11 is 6.29. The molecule has 0 fully saturated rings. The summed E-state index contributed by atoms with van der Waals surface area (Å²) in [7, 11) is 0. The molecule has 161 valence electrons. The largest absolute Gasteiger partial charge is 0.357 e. The van der Waals surface area contributed by atoms with E-state index in [0.29, 0.717) is 5.02 Å². The summed E-state index contributed by atoms with van der Waals surface area (Å²) in [6, 6.07) is 24.2. The second-order valence-corrected chi connectivity index (χ2v) is 8.47. The number of hydrogen-bond donors (Lipinski definition) is 1. The van der Waals surface area contributed by atoms with E-state index in [2.05, 4.69) is 44.8 Å². The second-order valence-electron chi connectivity index (χ2n) is 8.03. The Balaban J connectivity index is 1.40. The molecule has 1 aliphatic rings. The van der Waals surface area contributed by atoms with Crippen molar-refractivity contribution in [2.45, 2.75) is 18.9 Å². The number of halogens is 1. The molecule has 0 spiro atoms. The third-order valence-corrected chi connectivity index (χ3v) is 6.33. The van der Waals surface area contributed by atoms with Crippen LogP contribution in [-0.2, 0) is 6.42 Å². The number of benzene rings is 2. The second kappa shape index (κ2) is 7.86. The number of rotatable bonds is 4. The maximum atomic E-state index is 13.3. The zero-order chi connectivity index (χ0) is 22.4. The van der Waals surface area contributed by atoms with Crippen LogP contribution in [-0.4, -0.2) is 29.8 Å². The van der Waals surface area contributed by atoms with Crippen LogP contribution >= 0.6 is 11.6 Å².